The average Bonchev–Trinajstić information content (AvgIpc) is 3.24. The lowest BCUT2D eigenvalue weighted by Gasteiger charge is -2.38. The first kappa shape index (κ1) is 17.8. The molecule has 0 aliphatic carbocycles. The Hall–Kier alpha value is -1.56. The van der Waals surface area contributed by atoms with E-state index >= 15 is 0 Å². The van der Waals surface area contributed by atoms with E-state index in [-0.39, 0.29) is 5.60 Å². The van der Waals surface area contributed by atoms with Crippen LogP contribution in [-0.2, 0) is 11.3 Å². The van der Waals surface area contributed by atoms with Gasteiger partial charge in [-0.3, -0.25) is 4.90 Å². The van der Waals surface area contributed by atoms with Crippen molar-refractivity contribution in [3.63, 3.8) is 0 Å². The van der Waals surface area contributed by atoms with Crippen LogP contribution >= 0.6 is 11.3 Å². The van der Waals surface area contributed by atoms with Gasteiger partial charge < -0.3 is 14.8 Å². The largest absolute Gasteiger partial charge is 0.497 e. The Kier molecular flexibility index (Phi) is 5.20. The predicted octanol–water partition coefficient (Wildman–Crippen LogP) is 4.30. The zero-order valence-electron chi connectivity index (χ0n) is 15.7. The van der Waals surface area contributed by atoms with Gasteiger partial charge in [-0.2, -0.15) is 0 Å². The first-order valence-corrected chi connectivity index (χ1v) is 10.3. The van der Waals surface area contributed by atoms with E-state index in [1.54, 1.807) is 7.11 Å². The van der Waals surface area contributed by atoms with Gasteiger partial charge in [0.05, 0.1) is 25.4 Å². The Morgan fingerprint density at radius 2 is 2.12 bits per heavy atom. The molecule has 0 saturated carbocycles. The summed E-state index contributed by atoms with van der Waals surface area (Å²) in [6, 6.07) is 13.0. The minimum atomic E-state index is 0.0679. The highest BCUT2D eigenvalue weighted by Gasteiger charge is 2.42. The maximum absolute atomic E-state index is 6.31. The van der Waals surface area contributed by atoms with Gasteiger partial charge in [-0.15, -0.1) is 11.3 Å². The second-order valence-electron chi connectivity index (χ2n) is 7.56. The van der Waals surface area contributed by atoms with Crippen LogP contribution in [0.4, 0.5) is 5.69 Å². The van der Waals surface area contributed by atoms with Crippen LogP contribution in [0, 0.1) is 6.92 Å². The first-order chi connectivity index (χ1) is 12.6. The molecule has 2 aromatic rings. The fourth-order valence-electron chi connectivity index (χ4n) is 4.14. The fraction of sp³-hybridized carbons (Fsp3) is 0.524. The number of likely N-dealkylation sites (tertiary alicyclic amines) is 1. The van der Waals surface area contributed by atoms with Gasteiger partial charge >= 0.3 is 0 Å². The molecular formula is C21H28N2O2S. The third kappa shape index (κ3) is 4.05. The highest BCUT2D eigenvalue weighted by atomic mass is 32.1. The molecule has 2 fully saturated rings. The number of hydrogen-bond acceptors (Lipinski definition) is 5. The van der Waals surface area contributed by atoms with E-state index in [0.29, 0.717) is 6.04 Å². The van der Waals surface area contributed by atoms with Gasteiger partial charge in [0.2, 0.25) is 0 Å². The molecule has 4 rings (SSSR count). The highest BCUT2D eigenvalue weighted by molar-refractivity contribution is 7.11. The van der Waals surface area contributed by atoms with Crippen molar-refractivity contribution < 1.29 is 9.47 Å². The second-order valence-corrected chi connectivity index (χ2v) is 8.93. The Labute approximate surface area is 160 Å². The summed E-state index contributed by atoms with van der Waals surface area (Å²) in [6.45, 7) is 6.31. The molecule has 1 aromatic heterocycles. The third-order valence-corrected chi connectivity index (χ3v) is 6.58. The number of anilines is 1. The highest BCUT2D eigenvalue weighted by Crippen LogP contribution is 2.37. The normalized spacial score (nSPS) is 22.6. The molecule has 1 spiro atoms. The molecular weight excluding hydrogens is 344 g/mol. The topological polar surface area (TPSA) is 33.7 Å². The smallest absolute Gasteiger partial charge is 0.120 e. The molecule has 2 saturated heterocycles. The number of rotatable bonds is 5. The second kappa shape index (κ2) is 7.59. The van der Waals surface area contributed by atoms with Gasteiger partial charge in [-0.1, -0.05) is 6.07 Å². The Bertz CT molecular complexity index is 737. The quantitative estimate of drug-likeness (QED) is 0.848. The zero-order chi connectivity index (χ0) is 18.0. The van der Waals surface area contributed by atoms with Crippen LogP contribution in [0.3, 0.4) is 0 Å². The van der Waals surface area contributed by atoms with E-state index in [2.05, 4.69) is 41.4 Å². The van der Waals surface area contributed by atoms with Crippen LogP contribution in [0.5, 0.6) is 5.75 Å². The number of methoxy groups -OCH3 is 1. The number of nitrogens with zero attached hydrogens (tertiary/aromatic N) is 1. The van der Waals surface area contributed by atoms with Gasteiger partial charge in [0, 0.05) is 41.1 Å². The van der Waals surface area contributed by atoms with E-state index in [1.807, 2.05) is 23.5 Å². The molecule has 0 bridgehead atoms. The molecule has 140 valence electrons. The van der Waals surface area contributed by atoms with E-state index in [9.17, 15) is 0 Å². The van der Waals surface area contributed by atoms with Crippen molar-refractivity contribution in [1.82, 2.24) is 4.90 Å². The Balaban J connectivity index is 1.29. The molecule has 1 aromatic carbocycles. The van der Waals surface area contributed by atoms with Crippen molar-refractivity contribution in [1.29, 1.82) is 0 Å². The molecule has 2 aliphatic rings. The number of aryl methyl sites for hydroxylation is 1. The summed E-state index contributed by atoms with van der Waals surface area (Å²) in [5.74, 6) is 0.890. The van der Waals surface area contributed by atoms with Crippen molar-refractivity contribution in [2.75, 3.05) is 32.1 Å². The van der Waals surface area contributed by atoms with Crippen molar-refractivity contribution in [3.8, 4) is 5.75 Å². The molecule has 26 heavy (non-hydrogen) atoms. The molecule has 3 heterocycles. The summed E-state index contributed by atoms with van der Waals surface area (Å²) in [7, 11) is 1.71. The summed E-state index contributed by atoms with van der Waals surface area (Å²) in [5.41, 5.74) is 1.18. The van der Waals surface area contributed by atoms with E-state index in [1.165, 1.54) is 9.75 Å². The van der Waals surface area contributed by atoms with Crippen LogP contribution in [0.1, 0.15) is 29.0 Å². The summed E-state index contributed by atoms with van der Waals surface area (Å²) in [6.07, 6.45) is 3.36. The minimum absolute atomic E-state index is 0.0679. The first-order valence-electron chi connectivity index (χ1n) is 9.46. The van der Waals surface area contributed by atoms with Crippen molar-refractivity contribution in [2.24, 2.45) is 0 Å². The Morgan fingerprint density at radius 1 is 1.27 bits per heavy atom. The van der Waals surface area contributed by atoms with E-state index < -0.39 is 0 Å². The lowest BCUT2D eigenvalue weighted by molar-refractivity contribution is -0.0446. The summed E-state index contributed by atoms with van der Waals surface area (Å²) in [4.78, 5) is 5.45. The van der Waals surface area contributed by atoms with Crippen molar-refractivity contribution in [2.45, 2.75) is 44.4 Å². The average molecular weight is 373 g/mol. The number of benzene rings is 1. The molecule has 5 heteroatoms. The molecule has 1 atom stereocenters. The van der Waals surface area contributed by atoms with Gasteiger partial charge in [-0.25, -0.2) is 0 Å². The van der Waals surface area contributed by atoms with Crippen LogP contribution in [0.15, 0.2) is 36.4 Å². The monoisotopic (exact) mass is 372 g/mol. The van der Waals surface area contributed by atoms with Crippen LogP contribution < -0.4 is 10.1 Å². The molecule has 0 radical (unpaired) electrons. The standard InChI is InChI=1S/C21H28N2O2S/c1-16-6-7-20(26-16)14-23-10-8-21(9-11-23)13-18(15-25-21)22-17-4-3-5-19(12-17)24-2/h3-7,12,18,22H,8-11,13-15H2,1-2H3/t18-/m0/s1. The predicted molar refractivity (Wildman–Crippen MR) is 107 cm³/mol. The number of thiophene rings is 1. The van der Waals surface area contributed by atoms with Crippen LogP contribution in [0.25, 0.3) is 0 Å². The van der Waals surface area contributed by atoms with E-state index in [0.717, 1.165) is 56.9 Å². The maximum Gasteiger partial charge on any atom is 0.120 e. The number of piperidine rings is 1. The minimum Gasteiger partial charge on any atom is -0.497 e. The number of hydrogen-bond donors (Lipinski definition) is 1. The zero-order valence-corrected chi connectivity index (χ0v) is 16.5. The maximum atomic E-state index is 6.31. The Morgan fingerprint density at radius 3 is 2.85 bits per heavy atom. The molecule has 0 unspecified atom stereocenters. The lowest BCUT2D eigenvalue weighted by atomic mass is 9.87. The SMILES string of the molecule is COc1cccc(N[C@@H]2COC3(CCN(Cc4ccc(C)s4)CC3)C2)c1. The van der Waals surface area contributed by atoms with Gasteiger partial charge in [0.15, 0.2) is 0 Å². The number of nitrogens with one attached hydrogen (secondary N) is 1. The molecule has 2 aliphatic heterocycles. The van der Waals surface area contributed by atoms with Gasteiger partial charge in [0.1, 0.15) is 5.75 Å². The summed E-state index contributed by atoms with van der Waals surface area (Å²) in [5, 5.41) is 3.62. The summed E-state index contributed by atoms with van der Waals surface area (Å²) >= 11 is 1.92. The van der Waals surface area contributed by atoms with Crippen molar-refractivity contribution in [3.05, 3.63) is 46.2 Å². The van der Waals surface area contributed by atoms with E-state index in [4.69, 9.17) is 9.47 Å². The number of ether oxygens (including phenoxy) is 2. The van der Waals surface area contributed by atoms with Gasteiger partial charge in [-0.05, 0) is 50.5 Å². The van der Waals surface area contributed by atoms with Crippen LogP contribution in [0.2, 0.25) is 0 Å². The lowest BCUT2D eigenvalue weighted by Crippen LogP contribution is -2.44. The summed E-state index contributed by atoms with van der Waals surface area (Å²) < 4.78 is 11.6. The molecule has 1 N–H and O–H groups in total. The van der Waals surface area contributed by atoms with Gasteiger partial charge in [0.25, 0.3) is 0 Å². The van der Waals surface area contributed by atoms with Crippen molar-refractivity contribution >= 4 is 17.0 Å². The fourth-order valence-corrected chi connectivity index (χ4v) is 5.08. The molecule has 4 nitrogen and oxygen atoms in total. The molecule has 0 amide bonds. The van der Waals surface area contributed by atoms with Crippen LogP contribution in [-0.4, -0.2) is 43.3 Å². The third-order valence-electron chi connectivity index (χ3n) is 5.59.